The fraction of sp³-hybridized carbons (Fsp3) is 0.0750. The van der Waals surface area contributed by atoms with E-state index in [1.807, 2.05) is 118 Å². The van der Waals surface area contributed by atoms with Gasteiger partial charge in [0.15, 0.2) is 5.69 Å². The number of rotatable bonds is 5. The molecule has 0 radical (unpaired) electrons. The number of H-pyrrole nitrogens is 3. The van der Waals surface area contributed by atoms with E-state index < -0.39 is 9.85 Å². The molecule has 8 bridgehead atoms. The molecule has 0 saturated heterocycles. The molecule has 50 heavy (non-hydrogen) atoms. The van der Waals surface area contributed by atoms with E-state index in [1.165, 1.54) is 12.1 Å². The number of aryl methyl sites for hydroxylation is 3. The van der Waals surface area contributed by atoms with Crippen molar-refractivity contribution in [2.75, 3.05) is 0 Å². The van der Waals surface area contributed by atoms with Crippen molar-refractivity contribution in [1.29, 1.82) is 0 Å². The van der Waals surface area contributed by atoms with Crippen molar-refractivity contribution in [1.82, 2.24) is 19.9 Å². The molecule has 0 spiro atoms. The lowest BCUT2D eigenvalue weighted by Gasteiger charge is -2.06. The fourth-order valence-electron chi connectivity index (χ4n) is 6.63. The van der Waals surface area contributed by atoms with Gasteiger partial charge in [-0.1, -0.05) is 89.5 Å². The molecule has 3 N–H and O–H groups in total. The van der Waals surface area contributed by atoms with Gasteiger partial charge >= 0.3 is 0 Å². The first kappa shape index (κ1) is 30.5. The largest absolute Gasteiger partial charge is 0.354 e. The van der Waals surface area contributed by atoms with Gasteiger partial charge in [0.05, 0.1) is 21.1 Å². The van der Waals surface area contributed by atoms with E-state index in [0.717, 1.165) is 50.0 Å². The first-order chi connectivity index (χ1) is 24.1. The van der Waals surface area contributed by atoms with Crippen LogP contribution in [0.5, 0.6) is 0 Å². The van der Waals surface area contributed by atoms with Gasteiger partial charge in [0.2, 0.25) is 0 Å². The third-order valence-electron chi connectivity index (χ3n) is 9.17. The second kappa shape index (κ2) is 11.7. The number of nitrogens with zero attached hydrogens (tertiary/aromatic N) is 3. The van der Waals surface area contributed by atoms with Gasteiger partial charge in [0, 0.05) is 50.9 Å². The molecular weight excluding hydrogens is 628 g/mol. The van der Waals surface area contributed by atoms with Gasteiger partial charge in [0.1, 0.15) is 5.52 Å². The Hall–Kier alpha value is -6.81. The van der Waals surface area contributed by atoms with Crippen molar-refractivity contribution < 1.29 is 9.85 Å². The van der Waals surface area contributed by atoms with E-state index in [-0.39, 0.29) is 33.8 Å². The van der Waals surface area contributed by atoms with Crippen molar-refractivity contribution in [3.8, 4) is 33.4 Å². The SMILES string of the molecule is Cc1ccc(-c2c3nc(c4cc([N+](=O)[O-])c([nH]4)c(-c4ccc(C)cc4)c4ccc([nH]4)c(-c4ccc(C)cc4)c4ccc2[nH]4)C=C3[N+](=O)[O-])cc1. The fourth-order valence-corrected chi connectivity index (χ4v) is 6.63. The Labute approximate surface area is 285 Å². The van der Waals surface area contributed by atoms with E-state index in [9.17, 15) is 20.2 Å². The van der Waals surface area contributed by atoms with Crippen LogP contribution in [-0.4, -0.2) is 29.8 Å². The van der Waals surface area contributed by atoms with Crippen LogP contribution in [-0.2, 0) is 0 Å². The summed E-state index contributed by atoms with van der Waals surface area (Å²) < 4.78 is 0. The lowest BCUT2D eigenvalue weighted by molar-refractivity contribution is -0.382. The lowest BCUT2D eigenvalue weighted by Crippen LogP contribution is -1.98. The molecule has 1 aliphatic rings. The van der Waals surface area contributed by atoms with Crippen LogP contribution in [0.3, 0.4) is 0 Å². The average molecular weight is 659 g/mol. The van der Waals surface area contributed by atoms with Gasteiger partial charge in [-0.25, -0.2) is 4.98 Å². The van der Waals surface area contributed by atoms with Crippen LogP contribution in [0.1, 0.15) is 28.1 Å². The van der Waals surface area contributed by atoms with Crippen molar-refractivity contribution >= 4 is 50.6 Å². The highest BCUT2D eigenvalue weighted by Gasteiger charge is 2.29. The number of nitro groups is 2. The minimum Gasteiger partial charge on any atom is -0.354 e. The summed E-state index contributed by atoms with van der Waals surface area (Å²) >= 11 is 0. The highest BCUT2D eigenvalue weighted by atomic mass is 16.6. The van der Waals surface area contributed by atoms with E-state index in [4.69, 9.17) is 4.98 Å². The normalized spacial score (nSPS) is 11.9. The van der Waals surface area contributed by atoms with E-state index >= 15 is 0 Å². The first-order valence-corrected chi connectivity index (χ1v) is 16.1. The van der Waals surface area contributed by atoms with Crippen molar-refractivity contribution in [2.45, 2.75) is 20.8 Å². The summed E-state index contributed by atoms with van der Waals surface area (Å²) in [6.45, 7) is 5.99. The molecule has 10 nitrogen and oxygen atoms in total. The number of hydrogen-bond acceptors (Lipinski definition) is 5. The Balaban J connectivity index is 1.63. The maximum absolute atomic E-state index is 12.7. The van der Waals surface area contributed by atoms with Gasteiger partial charge < -0.3 is 15.0 Å². The zero-order chi connectivity index (χ0) is 34.7. The van der Waals surface area contributed by atoms with Crippen LogP contribution in [0.4, 0.5) is 5.69 Å². The molecule has 1 aliphatic heterocycles. The Bertz CT molecular complexity index is 2660. The Morgan fingerprint density at radius 1 is 0.520 bits per heavy atom. The highest BCUT2D eigenvalue weighted by Crippen LogP contribution is 2.40. The average Bonchev–Trinajstić information content (AvgIpc) is 3.92. The zero-order valence-electron chi connectivity index (χ0n) is 27.4. The number of aromatic nitrogens is 4. The summed E-state index contributed by atoms with van der Waals surface area (Å²) in [4.78, 5) is 39.7. The predicted octanol–water partition coefficient (Wildman–Crippen LogP) is 10.1. The minimum absolute atomic E-state index is 0.150. The molecule has 0 unspecified atom stereocenters. The molecule has 3 aromatic carbocycles. The number of aromatic amines is 3. The quantitative estimate of drug-likeness (QED) is 0.124. The molecule has 4 aromatic heterocycles. The molecule has 8 rings (SSSR count). The van der Waals surface area contributed by atoms with E-state index in [2.05, 4.69) is 15.0 Å². The van der Waals surface area contributed by atoms with E-state index in [1.54, 1.807) is 0 Å². The number of benzene rings is 3. The molecule has 5 heterocycles. The molecule has 0 fully saturated rings. The zero-order valence-corrected chi connectivity index (χ0v) is 27.4. The van der Waals surface area contributed by atoms with Gasteiger partial charge in [-0.2, -0.15) is 0 Å². The summed E-state index contributed by atoms with van der Waals surface area (Å²) in [6.07, 6.45) is 1.38. The van der Waals surface area contributed by atoms with E-state index in [0.29, 0.717) is 22.2 Å². The smallest absolute Gasteiger partial charge is 0.297 e. The number of fused-ring (bicyclic) bond motifs is 9. The van der Waals surface area contributed by atoms with Crippen LogP contribution >= 0.6 is 0 Å². The topological polar surface area (TPSA) is 147 Å². The molecule has 10 heteroatoms. The van der Waals surface area contributed by atoms with Gasteiger partial charge in [0.25, 0.3) is 11.4 Å². The van der Waals surface area contributed by atoms with Crippen LogP contribution in [0.15, 0.2) is 103 Å². The predicted molar refractivity (Wildman–Crippen MR) is 198 cm³/mol. The maximum atomic E-state index is 12.7. The Morgan fingerprint density at radius 3 is 1.44 bits per heavy atom. The molecule has 0 aliphatic carbocycles. The Morgan fingerprint density at radius 2 is 0.960 bits per heavy atom. The monoisotopic (exact) mass is 658 g/mol. The second-order valence-electron chi connectivity index (χ2n) is 12.6. The lowest BCUT2D eigenvalue weighted by atomic mass is 10.0. The van der Waals surface area contributed by atoms with Crippen molar-refractivity contribution in [3.05, 3.63) is 151 Å². The summed E-state index contributed by atoms with van der Waals surface area (Å²) in [5, 5.41) is 25.3. The van der Waals surface area contributed by atoms with Crippen LogP contribution in [0.25, 0.3) is 78.3 Å². The highest BCUT2D eigenvalue weighted by molar-refractivity contribution is 6.03. The van der Waals surface area contributed by atoms with Crippen molar-refractivity contribution in [3.63, 3.8) is 0 Å². The molecule has 0 amide bonds. The molecular formula is C40H30N6O4. The summed E-state index contributed by atoms with van der Waals surface area (Å²) in [7, 11) is 0. The van der Waals surface area contributed by atoms with Crippen LogP contribution in [0.2, 0.25) is 0 Å². The first-order valence-electron chi connectivity index (χ1n) is 16.1. The molecule has 7 aromatic rings. The minimum atomic E-state index is -0.460. The summed E-state index contributed by atoms with van der Waals surface area (Å²) in [6, 6.07) is 32.9. The summed E-state index contributed by atoms with van der Waals surface area (Å²) in [5.41, 5.74) is 10.9. The van der Waals surface area contributed by atoms with Gasteiger partial charge in [-0.3, -0.25) is 20.2 Å². The van der Waals surface area contributed by atoms with Crippen LogP contribution in [0, 0.1) is 41.0 Å². The Kier molecular flexibility index (Phi) is 7.15. The number of hydrogen-bond donors (Lipinski definition) is 3. The molecule has 0 atom stereocenters. The van der Waals surface area contributed by atoms with Crippen molar-refractivity contribution in [2.24, 2.45) is 0 Å². The number of nitrogens with one attached hydrogen (secondary N) is 3. The van der Waals surface area contributed by atoms with Gasteiger partial charge in [-0.15, -0.1) is 0 Å². The third-order valence-corrected chi connectivity index (χ3v) is 9.17. The molecule has 0 saturated carbocycles. The molecule has 244 valence electrons. The standard InChI is InChI=1S/C40H30N6O4/c1-22-4-10-25(11-5-22)36-28-16-18-30(41-28)37(26-12-6-23(2)7-13-26)39-34(45(47)48)20-32(43-39)33-21-35(46(49)50)40(44-33)38(31-19-17-29(36)42-31)27-14-8-24(3)9-15-27/h4-21,41-43H,1-3H3. The second-order valence-corrected chi connectivity index (χ2v) is 12.6. The maximum Gasteiger partial charge on any atom is 0.297 e. The summed E-state index contributed by atoms with van der Waals surface area (Å²) in [5.74, 6) is 0. The van der Waals surface area contributed by atoms with Gasteiger partial charge in [-0.05, 0) is 61.7 Å². The van der Waals surface area contributed by atoms with Crippen LogP contribution < -0.4 is 0 Å². The third kappa shape index (κ3) is 5.19.